The highest BCUT2D eigenvalue weighted by molar-refractivity contribution is 7.21. The minimum atomic E-state index is 0.859. The molecule has 12 aromatic rings. The molecule has 4 heteroatoms. The van der Waals surface area contributed by atoms with Crippen LogP contribution in [-0.4, -0.2) is 9.55 Å². The molecule has 0 saturated heterocycles. The summed E-state index contributed by atoms with van der Waals surface area (Å²) in [5.41, 5.74) is 12.1. The van der Waals surface area contributed by atoms with E-state index in [4.69, 9.17) is 9.40 Å². The number of aromatic nitrogens is 2. The van der Waals surface area contributed by atoms with Crippen molar-refractivity contribution in [1.29, 1.82) is 0 Å². The number of thiazole rings is 1. The summed E-state index contributed by atoms with van der Waals surface area (Å²) in [5, 5.41) is 10.6. The molecule has 0 N–H and O–H groups in total. The largest absolute Gasteiger partial charge is 0.455 e. The summed E-state index contributed by atoms with van der Waals surface area (Å²) in [6.07, 6.45) is 0. The molecule has 0 amide bonds. The third-order valence-electron chi connectivity index (χ3n) is 11.2. The predicted molar refractivity (Wildman–Crippen MR) is 233 cm³/mol. The van der Waals surface area contributed by atoms with E-state index in [1.54, 1.807) is 11.3 Å². The second-order valence-corrected chi connectivity index (χ2v) is 15.3. The summed E-state index contributed by atoms with van der Waals surface area (Å²) in [6, 6.07) is 65.4. The first kappa shape index (κ1) is 30.5. The summed E-state index contributed by atoms with van der Waals surface area (Å²) in [5.74, 6) is 0. The molecule has 3 aromatic heterocycles. The fraction of sp³-hybridized carbons (Fsp3) is 0. The number of hydrogen-bond acceptors (Lipinski definition) is 3. The zero-order chi connectivity index (χ0) is 36.0. The second kappa shape index (κ2) is 11.7. The maximum Gasteiger partial charge on any atom is 0.143 e. The summed E-state index contributed by atoms with van der Waals surface area (Å²) >= 11 is 1.73. The number of fused-ring (bicyclic) bond motifs is 11. The van der Waals surface area contributed by atoms with E-state index < -0.39 is 0 Å². The van der Waals surface area contributed by atoms with Crippen molar-refractivity contribution in [3.63, 3.8) is 0 Å². The van der Waals surface area contributed by atoms with Crippen LogP contribution in [0.25, 0.3) is 114 Å². The number of rotatable bonds is 4. The Morgan fingerprint density at radius 3 is 2.05 bits per heavy atom. The smallest absolute Gasteiger partial charge is 0.143 e. The molecule has 0 unspecified atom stereocenters. The van der Waals surface area contributed by atoms with Gasteiger partial charge in [0.25, 0.3) is 0 Å². The Bertz CT molecular complexity index is 3480. The van der Waals surface area contributed by atoms with Gasteiger partial charge in [-0.2, -0.15) is 0 Å². The van der Waals surface area contributed by atoms with Crippen molar-refractivity contribution in [3.8, 4) is 38.5 Å². The lowest BCUT2D eigenvalue weighted by Crippen LogP contribution is -1.94. The Hall–Kier alpha value is -7.01. The summed E-state index contributed by atoms with van der Waals surface area (Å²) in [7, 11) is 0. The fourth-order valence-electron chi connectivity index (χ4n) is 8.68. The monoisotopic (exact) mass is 718 g/mol. The molecule has 0 spiro atoms. The zero-order valence-corrected chi connectivity index (χ0v) is 30.3. The number of hydrogen-bond donors (Lipinski definition) is 0. The highest BCUT2D eigenvalue weighted by Gasteiger charge is 2.21. The van der Waals surface area contributed by atoms with E-state index in [0.717, 1.165) is 59.5 Å². The first-order valence-electron chi connectivity index (χ1n) is 18.6. The van der Waals surface area contributed by atoms with Gasteiger partial charge >= 0.3 is 0 Å². The van der Waals surface area contributed by atoms with Crippen LogP contribution in [0.1, 0.15) is 0 Å². The molecule has 0 bridgehead atoms. The highest BCUT2D eigenvalue weighted by Crippen LogP contribution is 2.45. The lowest BCUT2D eigenvalue weighted by atomic mass is 9.94. The van der Waals surface area contributed by atoms with E-state index in [1.807, 2.05) is 0 Å². The molecular formula is C51H30N2OS. The molecule has 0 atom stereocenters. The van der Waals surface area contributed by atoms with Crippen molar-refractivity contribution < 1.29 is 4.42 Å². The average molecular weight is 719 g/mol. The van der Waals surface area contributed by atoms with Crippen LogP contribution in [0.5, 0.6) is 0 Å². The lowest BCUT2D eigenvalue weighted by Gasteiger charge is -2.12. The quantitative estimate of drug-likeness (QED) is 0.181. The molecule has 0 saturated carbocycles. The van der Waals surface area contributed by atoms with E-state index >= 15 is 0 Å². The third kappa shape index (κ3) is 4.59. The van der Waals surface area contributed by atoms with E-state index in [9.17, 15) is 0 Å². The molecule has 3 heterocycles. The van der Waals surface area contributed by atoms with E-state index in [-0.39, 0.29) is 0 Å². The normalized spacial score (nSPS) is 12.0. The molecule has 0 fully saturated rings. The lowest BCUT2D eigenvalue weighted by molar-refractivity contribution is 0.670. The third-order valence-corrected chi connectivity index (χ3v) is 12.3. The van der Waals surface area contributed by atoms with Gasteiger partial charge in [0.1, 0.15) is 16.2 Å². The van der Waals surface area contributed by atoms with Gasteiger partial charge in [0, 0.05) is 38.4 Å². The SMILES string of the molecule is c1ccc(-n2c3ccccc3c3c(-c4ccc(-c5nc6c(ccc7oc8c(-c9ccc%10ccccc%10c9)cccc8c76)s5)cc4)cc4ccccc4c32)cc1. The second-order valence-electron chi connectivity index (χ2n) is 14.3. The van der Waals surface area contributed by atoms with E-state index in [1.165, 1.54) is 54.5 Å². The molecule has 55 heavy (non-hydrogen) atoms. The Morgan fingerprint density at radius 2 is 1.18 bits per heavy atom. The van der Waals surface area contributed by atoms with Gasteiger partial charge in [0.2, 0.25) is 0 Å². The Labute approximate surface area is 320 Å². The van der Waals surface area contributed by atoms with Crippen LogP contribution < -0.4 is 0 Å². The minimum absolute atomic E-state index is 0.859. The van der Waals surface area contributed by atoms with Gasteiger partial charge in [-0.15, -0.1) is 11.3 Å². The molecule has 256 valence electrons. The van der Waals surface area contributed by atoms with E-state index in [0.29, 0.717) is 0 Å². The van der Waals surface area contributed by atoms with E-state index in [2.05, 4.69) is 187 Å². The zero-order valence-electron chi connectivity index (χ0n) is 29.5. The fourth-order valence-corrected chi connectivity index (χ4v) is 9.66. The summed E-state index contributed by atoms with van der Waals surface area (Å²) < 4.78 is 10.2. The van der Waals surface area contributed by atoms with Crippen LogP contribution in [0.4, 0.5) is 0 Å². The van der Waals surface area contributed by atoms with Gasteiger partial charge in [0.15, 0.2) is 0 Å². The van der Waals surface area contributed by atoms with Crippen LogP contribution in [0.3, 0.4) is 0 Å². The summed E-state index contributed by atoms with van der Waals surface area (Å²) in [4.78, 5) is 5.30. The van der Waals surface area contributed by atoms with Gasteiger partial charge in [-0.25, -0.2) is 4.98 Å². The summed E-state index contributed by atoms with van der Waals surface area (Å²) in [6.45, 7) is 0. The molecule has 12 rings (SSSR count). The van der Waals surface area contributed by atoms with Gasteiger partial charge in [-0.05, 0) is 75.3 Å². The number of benzene rings is 9. The maximum absolute atomic E-state index is 6.63. The molecule has 0 aliphatic heterocycles. The van der Waals surface area contributed by atoms with Crippen molar-refractivity contribution >= 4 is 86.8 Å². The van der Waals surface area contributed by atoms with Crippen molar-refractivity contribution in [1.82, 2.24) is 9.55 Å². The molecule has 0 aliphatic carbocycles. The highest BCUT2D eigenvalue weighted by atomic mass is 32.1. The number of nitrogens with zero attached hydrogens (tertiary/aromatic N) is 2. The first-order chi connectivity index (χ1) is 27.3. The van der Waals surface area contributed by atoms with Crippen LogP contribution in [0, 0.1) is 0 Å². The van der Waals surface area contributed by atoms with Gasteiger partial charge in [0.05, 0.1) is 26.6 Å². The van der Waals surface area contributed by atoms with Crippen LogP contribution >= 0.6 is 11.3 Å². The maximum atomic E-state index is 6.63. The molecule has 3 nitrogen and oxygen atoms in total. The van der Waals surface area contributed by atoms with Crippen molar-refractivity contribution in [2.75, 3.05) is 0 Å². The molecule has 0 radical (unpaired) electrons. The molecular weight excluding hydrogens is 689 g/mol. The standard InChI is InChI=1S/C51H30N2OS/c1-2-14-37(15-3-1)53-43-20-9-8-17-40(43)46-42(30-35-13-6-7-16-38(35)49(46)53)32-22-24-33(25-23-32)51-52-48-45(55-51)28-27-44-47(48)41-19-10-18-39(50(41)54-44)36-26-21-31-11-4-5-12-34(31)29-36/h1-30H. The van der Waals surface area contributed by atoms with Crippen molar-refractivity contribution in [2.24, 2.45) is 0 Å². The molecule has 9 aromatic carbocycles. The Balaban J connectivity index is 0.999. The topological polar surface area (TPSA) is 31.0 Å². The van der Waals surface area contributed by atoms with Gasteiger partial charge in [-0.1, -0.05) is 140 Å². The van der Waals surface area contributed by atoms with Crippen LogP contribution in [0.2, 0.25) is 0 Å². The number of para-hydroxylation sites is 3. The Morgan fingerprint density at radius 1 is 0.473 bits per heavy atom. The predicted octanol–water partition coefficient (Wildman–Crippen LogP) is 14.6. The average Bonchev–Trinajstić information content (AvgIpc) is 3.96. The number of furan rings is 1. The first-order valence-corrected chi connectivity index (χ1v) is 19.4. The van der Waals surface area contributed by atoms with Crippen molar-refractivity contribution in [2.45, 2.75) is 0 Å². The minimum Gasteiger partial charge on any atom is -0.455 e. The van der Waals surface area contributed by atoms with Crippen LogP contribution in [-0.2, 0) is 0 Å². The van der Waals surface area contributed by atoms with Gasteiger partial charge in [-0.3, -0.25) is 0 Å². The Kier molecular flexibility index (Phi) is 6.50. The van der Waals surface area contributed by atoms with Crippen LogP contribution in [0.15, 0.2) is 186 Å². The van der Waals surface area contributed by atoms with Crippen molar-refractivity contribution in [3.05, 3.63) is 182 Å². The molecule has 0 aliphatic rings. The van der Waals surface area contributed by atoms with Gasteiger partial charge < -0.3 is 8.98 Å².